The topological polar surface area (TPSA) is 73.8 Å². The second-order valence-corrected chi connectivity index (χ2v) is 10.5. The molecule has 0 N–H and O–H groups in total. The Labute approximate surface area is 257 Å². The highest BCUT2D eigenvalue weighted by Crippen LogP contribution is 2.65. The quantitative estimate of drug-likeness (QED) is 0.198. The van der Waals surface area contributed by atoms with Crippen molar-refractivity contribution in [1.29, 1.82) is 0 Å². The van der Waals surface area contributed by atoms with E-state index in [4.69, 9.17) is 37.9 Å². The van der Waals surface area contributed by atoms with E-state index >= 15 is 0 Å². The van der Waals surface area contributed by atoms with Gasteiger partial charge in [0.1, 0.15) is 23.7 Å². The number of benzene rings is 4. The predicted molar refractivity (Wildman–Crippen MR) is 167 cm³/mol. The molecule has 0 aliphatic carbocycles. The van der Waals surface area contributed by atoms with E-state index in [1.807, 2.05) is 42.5 Å². The number of rotatable bonds is 9. The van der Waals surface area contributed by atoms with Gasteiger partial charge in [-0.3, -0.25) is 0 Å². The van der Waals surface area contributed by atoms with Crippen LogP contribution in [-0.4, -0.2) is 42.7 Å². The molecule has 0 spiro atoms. The van der Waals surface area contributed by atoms with Crippen molar-refractivity contribution >= 4 is 6.08 Å². The lowest BCUT2D eigenvalue weighted by molar-refractivity contribution is -0.0138. The third kappa shape index (κ3) is 4.80. The number of allylic oxidation sites excluding steroid dienone is 1. The van der Waals surface area contributed by atoms with Crippen molar-refractivity contribution in [3.05, 3.63) is 101 Å². The van der Waals surface area contributed by atoms with Gasteiger partial charge in [0.2, 0.25) is 11.5 Å². The number of hydrogen-bond acceptors (Lipinski definition) is 8. The van der Waals surface area contributed by atoms with E-state index in [-0.39, 0.29) is 11.8 Å². The van der Waals surface area contributed by atoms with E-state index in [9.17, 15) is 0 Å². The molecule has 4 aromatic carbocycles. The fourth-order valence-electron chi connectivity index (χ4n) is 6.39. The highest BCUT2D eigenvalue weighted by Gasteiger charge is 2.53. The molecule has 0 unspecified atom stereocenters. The summed E-state index contributed by atoms with van der Waals surface area (Å²) in [5.74, 6) is 3.62. The second-order valence-electron chi connectivity index (χ2n) is 10.5. The molecule has 6 rings (SSSR count). The second kappa shape index (κ2) is 12.3. The van der Waals surface area contributed by atoms with Gasteiger partial charge in [-0.2, -0.15) is 0 Å². The van der Waals surface area contributed by atoms with Crippen molar-refractivity contribution in [1.82, 2.24) is 0 Å². The van der Waals surface area contributed by atoms with E-state index in [0.717, 1.165) is 22.3 Å². The highest BCUT2D eigenvalue weighted by molar-refractivity contribution is 5.69. The zero-order valence-corrected chi connectivity index (χ0v) is 25.7. The highest BCUT2D eigenvalue weighted by atomic mass is 16.6. The number of ether oxygens (including phenoxy) is 8. The van der Waals surface area contributed by atoms with Gasteiger partial charge >= 0.3 is 0 Å². The van der Waals surface area contributed by atoms with Gasteiger partial charge in [0.25, 0.3) is 0 Å². The first-order valence-electron chi connectivity index (χ1n) is 14.4. The minimum Gasteiger partial charge on any atom is -0.496 e. The maximum atomic E-state index is 7.04. The molecule has 4 aromatic rings. The van der Waals surface area contributed by atoms with Gasteiger partial charge in [0.05, 0.1) is 54.1 Å². The Morgan fingerprint density at radius 1 is 0.545 bits per heavy atom. The minimum absolute atomic E-state index is 0.255. The minimum atomic E-state index is -0.553. The van der Waals surface area contributed by atoms with Crippen LogP contribution in [0.3, 0.4) is 0 Å². The first kappa shape index (κ1) is 29.1. The summed E-state index contributed by atoms with van der Waals surface area (Å²) in [6.07, 6.45) is 3.31. The van der Waals surface area contributed by atoms with Crippen LogP contribution in [0.2, 0.25) is 0 Å². The van der Waals surface area contributed by atoms with Gasteiger partial charge in [-0.1, -0.05) is 72.8 Å². The summed E-state index contributed by atoms with van der Waals surface area (Å²) in [6.45, 7) is 0. The molecule has 0 aromatic heterocycles. The summed E-state index contributed by atoms with van der Waals surface area (Å²) in [4.78, 5) is 0. The fraction of sp³-hybridized carbons (Fsp3) is 0.278. The first-order chi connectivity index (χ1) is 21.6. The Bertz CT molecular complexity index is 1650. The van der Waals surface area contributed by atoms with Crippen LogP contribution in [0, 0.1) is 5.92 Å². The van der Waals surface area contributed by atoms with Gasteiger partial charge in [-0.25, -0.2) is 0 Å². The normalized spacial score (nSPS) is 19.9. The zero-order valence-electron chi connectivity index (χ0n) is 25.7. The van der Waals surface area contributed by atoms with Crippen molar-refractivity contribution in [2.24, 2.45) is 5.92 Å². The van der Waals surface area contributed by atoms with Crippen LogP contribution in [0.5, 0.6) is 46.0 Å². The summed E-state index contributed by atoms with van der Waals surface area (Å²) in [5, 5.41) is 0. The van der Waals surface area contributed by atoms with Crippen LogP contribution < -0.4 is 37.9 Å². The predicted octanol–water partition coefficient (Wildman–Crippen LogP) is 7.42. The van der Waals surface area contributed by atoms with Crippen molar-refractivity contribution in [2.45, 2.75) is 18.1 Å². The van der Waals surface area contributed by atoms with Crippen molar-refractivity contribution in [3.63, 3.8) is 0 Å². The Kier molecular flexibility index (Phi) is 8.15. The van der Waals surface area contributed by atoms with E-state index in [2.05, 4.69) is 36.4 Å². The average Bonchev–Trinajstić information content (AvgIpc) is 3.08. The molecule has 0 radical (unpaired) electrons. The molecule has 228 valence electrons. The summed E-state index contributed by atoms with van der Waals surface area (Å²) in [7, 11) is 9.65. The summed E-state index contributed by atoms with van der Waals surface area (Å²) in [5.41, 5.74) is 3.61. The van der Waals surface area contributed by atoms with E-state index < -0.39 is 12.2 Å². The molecule has 2 aliphatic heterocycles. The van der Waals surface area contributed by atoms with E-state index in [0.29, 0.717) is 46.0 Å². The molecular weight excluding hydrogens is 560 g/mol. The van der Waals surface area contributed by atoms with Crippen molar-refractivity contribution in [2.75, 3.05) is 42.7 Å². The van der Waals surface area contributed by atoms with Gasteiger partial charge in [0.15, 0.2) is 23.0 Å². The van der Waals surface area contributed by atoms with Crippen LogP contribution in [0.25, 0.3) is 6.08 Å². The molecular formula is C36H36O8. The lowest BCUT2D eigenvalue weighted by Gasteiger charge is -2.47. The van der Waals surface area contributed by atoms with Crippen LogP contribution in [0.4, 0.5) is 0 Å². The van der Waals surface area contributed by atoms with Crippen LogP contribution in [0.15, 0.2) is 78.9 Å². The van der Waals surface area contributed by atoms with Gasteiger partial charge < -0.3 is 37.9 Å². The molecule has 0 saturated carbocycles. The number of hydrogen-bond donors (Lipinski definition) is 0. The van der Waals surface area contributed by atoms with Gasteiger partial charge in [0, 0.05) is 23.6 Å². The smallest absolute Gasteiger partial charge is 0.204 e. The molecule has 0 fully saturated rings. The Hall–Kier alpha value is -4.98. The molecule has 8 nitrogen and oxygen atoms in total. The van der Waals surface area contributed by atoms with E-state index in [1.54, 1.807) is 48.7 Å². The summed E-state index contributed by atoms with van der Waals surface area (Å²) in [6, 6.07) is 24.0. The third-order valence-electron chi connectivity index (χ3n) is 8.34. The lowest BCUT2D eigenvalue weighted by Crippen LogP contribution is -2.39. The molecule has 44 heavy (non-hydrogen) atoms. The average molecular weight is 597 g/mol. The molecule has 2 heterocycles. The molecule has 0 saturated heterocycles. The Balaban J connectivity index is 1.68. The Morgan fingerprint density at radius 3 is 1.59 bits per heavy atom. The molecule has 8 heteroatoms. The van der Waals surface area contributed by atoms with Crippen molar-refractivity contribution in [3.8, 4) is 46.0 Å². The standard InChI is InChI=1S/C36H36O8/c1-37-24-19-26(39-3)32(41-5)35-28(24)23(18-17-21-13-9-7-10-14-21)29-31(22-15-11-8-12-16-22)43-36-30(34(29)44-35)25(38-2)20-27(40-4)33(36)42-6/h7-20,23,29,31,34H,1-6H3/b18-17+/t23-,29-,31-,34-/m0/s1. The monoisotopic (exact) mass is 596 g/mol. The maximum Gasteiger partial charge on any atom is 0.204 e. The molecule has 0 amide bonds. The van der Waals surface area contributed by atoms with Crippen LogP contribution in [-0.2, 0) is 0 Å². The lowest BCUT2D eigenvalue weighted by atomic mass is 9.70. The largest absolute Gasteiger partial charge is 0.496 e. The maximum absolute atomic E-state index is 7.04. The van der Waals surface area contributed by atoms with E-state index in [1.165, 1.54) is 0 Å². The van der Waals surface area contributed by atoms with Crippen LogP contribution >= 0.6 is 0 Å². The summed E-state index contributed by atoms with van der Waals surface area (Å²) >= 11 is 0. The van der Waals surface area contributed by atoms with Crippen LogP contribution in [0.1, 0.15) is 40.4 Å². The molecule has 2 aliphatic rings. The molecule has 0 bridgehead atoms. The number of fused-ring (bicyclic) bond motifs is 4. The van der Waals surface area contributed by atoms with Gasteiger partial charge in [-0.15, -0.1) is 0 Å². The van der Waals surface area contributed by atoms with Crippen molar-refractivity contribution < 1.29 is 37.9 Å². The molecule has 4 atom stereocenters. The third-order valence-corrected chi connectivity index (χ3v) is 8.34. The fourth-order valence-corrected chi connectivity index (χ4v) is 6.39. The SMILES string of the molecule is COc1cc(OC)c2c(c1OC)O[C@@H](c1ccccc1)[C@H]1[C@@H]2Oc2c(OC)c(OC)cc(OC)c2[C@@H]1/C=C/c1ccccc1. The Morgan fingerprint density at radius 2 is 1.05 bits per heavy atom. The van der Waals surface area contributed by atoms with Gasteiger partial charge in [-0.05, 0) is 11.1 Å². The first-order valence-corrected chi connectivity index (χ1v) is 14.4. The zero-order chi connectivity index (χ0) is 30.8. The number of methoxy groups -OCH3 is 6. The summed E-state index contributed by atoms with van der Waals surface area (Å²) < 4.78 is 49.2.